The van der Waals surface area contributed by atoms with E-state index in [1.165, 1.54) is 0 Å². The number of cyclic esters (lactones) is 1. The average molecular weight is 476 g/mol. The fraction of sp³-hybridized carbons (Fsp3) is 0.792. The van der Waals surface area contributed by atoms with Crippen LogP contribution in [0.3, 0.4) is 0 Å². The lowest BCUT2D eigenvalue weighted by atomic mass is 9.46. The number of epoxide rings is 3. The second-order valence-electron chi connectivity index (χ2n) is 11.2. The summed E-state index contributed by atoms with van der Waals surface area (Å²) >= 11 is 0. The van der Waals surface area contributed by atoms with E-state index in [2.05, 4.69) is 6.92 Å². The minimum absolute atomic E-state index is 0.0304. The van der Waals surface area contributed by atoms with E-state index in [4.69, 9.17) is 33.5 Å². The molecule has 2 spiro atoms. The predicted molar refractivity (Wildman–Crippen MR) is 110 cm³/mol. The first-order chi connectivity index (χ1) is 16.1. The third kappa shape index (κ3) is 2.13. The molecular weight excluding hydrogens is 448 g/mol. The van der Waals surface area contributed by atoms with Crippen molar-refractivity contribution in [3.8, 4) is 0 Å². The highest BCUT2D eigenvalue weighted by atomic mass is 16.8. The topological polar surface area (TPSA) is 137 Å². The first kappa shape index (κ1) is 21.1. The minimum atomic E-state index is -1.06. The van der Waals surface area contributed by atoms with Gasteiger partial charge in [-0.15, -0.1) is 0 Å². The quantitative estimate of drug-likeness (QED) is 0.461. The number of esters is 1. The van der Waals surface area contributed by atoms with Crippen LogP contribution in [0.5, 0.6) is 0 Å². The molecule has 5 fully saturated rings. The molecule has 0 aromatic rings. The molecule has 10 heteroatoms. The van der Waals surface area contributed by atoms with Crippen LogP contribution < -0.4 is 0 Å². The highest BCUT2D eigenvalue weighted by Crippen LogP contribution is 2.83. The molecule has 4 heterocycles. The molecule has 0 unspecified atom stereocenters. The summed E-state index contributed by atoms with van der Waals surface area (Å²) in [4.78, 5) is 35.7. The molecule has 0 aromatic heterocycles. The Kier molecular flexibility index (Phi) is 3.82. The third-order valence-corrected chi connectivity index (χ3v) is 9.82. The molecule has 34 heavy (non-hydrogen) atoms. The maximum Gasteiger partial charge on any atom is 0.508 e. The fourth-order valence-corrected chi connectivity index (χ4v) is 8.19. The Morgan fingerprint density at radius 3 is 2.74 bits per heavy atom. The zero-order valence-corrected chi connectivity index (χ0v) is 19.3. The standard InChI is InChI=1S/C24H28O10/c1-10(2)22-16(33-22)17-24(34-17)21(3)6-4-11-12(9-30-18(11)27)13(21)8-14-23(24,32-14)19(22)31-20(28)29-7-5-15(25)26/h10,13-14,16-17,19H,4-9H2,1-3H3,(H,25,26)/t13-,14-,16-,17-,19+,21-,22-,23+,24+/m0/s1. The molecule has 7 rings (SSSR count). The lowest BCUT2D eigenvalue weighted by Crippen LogP contribution is -2.70. The van der Waals surface area contributed by atoms with Crippen LogP contribution in [0.2, 0.25) is 0 Å². The Balaban J connectivity index is 1.26. The van der Waals surface area contributed by atoms with E-state index in [9.17, 15) is 14.4 Å². The van der Waals surface area contributed by atoms with E-state index in [-0.39, 0.29) is 54.6 Å². The van der Waals surface area contributed by atoms with Crippen molar-refractivity contribution >= 4 is 18.1 Å². The molecule has 9 atom stereocenters. The van der Waals surface area contributed by atoms with Crippen molar-refractivity contribution in [1.29, 1.82) is 0 Å². The monoisotopic (exact) mass is 476 g/mol. The predicted octanol–water partition coefficient (Wildman–Crippen LogP) is 1.74. The SMILES string of the molecule is CC(C)[C@]12O[C@H]1[C@@H]1O[C@]13[C@]1(O[C@H]1C[C@H]1C4=C(CC[C@@]13C)C(=O)OC4)[C@@H]2OC(=O)OCCC(=O)O. The van der Waals surface area contributed by atoms with Crippen LogP contribution in [-0.2, 0) is 38.0 Å². The van der Waals surface area contributed by atoms with E-state index >= 15 is 0 Å². The summed E-state index contributed by atoms with van der Waals surface area (Å²) in [5.74, 6) is -1.15. The van der Waals surface area contributed by atoms with Gasteiger partial charge < -0.3 is 33.5 Å². The van der Waals surface area contributed by atoms with Gasteiger partial charge >= 0.3 is 18.1 Å². The molecule has 10 nitrogen and oxygen atoms in total. The number of fused-ring (bicyclic) bond motifs is 4. The van der Waals surface area contributed by atoms with Gasteiger partial charge in [-0.3, -0.25) is 4.79 Å². The number of carboxylic acid groups (broad SMARTS) is 1. The summed E-state index contributed by atoms with van der Waals surface area (Å²) < 4.78 is 35.8. The maximum absolute atomic E-state index is 12.7. The van der Waals surface area contributed by atoms with Gasteiger partial charge in [-0.1, -0.05) is 20.8 Å². The van der Waals surface area contributed by atoms with Gasteiger partial charge in [0.15, 0.2) is 11.7 Å². The summed E-state index contributed by atoms with van der Waals surface area (Å²) in [5, 5.41) is 8.85. The molecular formula is C24H28O10. The lowest BCUT2D eigenvalue weighted by Gasteiger charge is -2.53. The Morgan fingerprint density at radius 1 is 1.21 bits per heavy atom. The van der Waals surface area contributed by atoms with Crippen molar-refractivity contribution in [2.75, 3.05) is 13.2 Å². The first-order valence-electron chi connectivity index (χ1n) is 12.1. The van der Waals surface area contributed by atoms with Crippen LogP contribution in [0.25, 0.3) is 0 Å². The number of aliphatic carboxylic acids is 1. The van der Waals surface area contributed by atoms with Crippen molar-refractivity contribution in [3.63, 3.8) is 0 Å². The lowest BCUT2D eigenvalue weighted by molar-refractivity contribution is -0.139. The summed E-state index contributed by atoms with van der Waals surface area (Å²) in [6, 6.07) is 0. The Hall–Kier alpha value is -2.17. The van der Waals surface area contributed by atoms with Crippen LogP contribution in [0.4, 0.5) is 4.79 Å². The van der Waals surface area contributed by atoms with Gasteiger partial charge in [0.1, 0.15) is 36.6 Å². The molecule has 0 bridgehead atoms. The second kappa shape index (κ2) is 6.14. The van der Waals surface area contributed by atoms with E-state index in [1.54, 1.807) is 0 Å². The van der Waals surface area contributed by atoms with Crippen molar-refractivity contribution in [2.24, 2.45) is 17.3 Å². The summed E-state index contributed by atoms with van der Waals surface area (Å²) in [5.41, 5.74) is -0.749. The zero-order chi connectivity index (χ0) is 23.8. The van der Waals surface area contributed by atoms with Crippen LogP contribution in [0.15, 0.2) is 11.1 Å². The van der Waals surface area contributed by atoms with E-state index < -0.39 is 35.0 Å². The van der Waals surface area contributed by atoms with Crippen LogP contribution in [-0.4, -0.2) is 77.6 Å². The molecule has 184 valence electrons. The number of ether oxygens (including phenoxy) is 6. The van der Waals surface area contributed by atoms with Crippen molar-refractivity contribution in [1.82, 2.24) is 0 Å². The number of carbonyl (C=O) groups excluding carboxylic acids is 2. The molecule has 3 aliphatic carbocycles. The average Bonchev–Trinajstić information content (AvgIpc) is 3.67. The zero-order valence-electron chi connectivity index (χ0n) is 19.3. The molecule has 3 saturated heterocycles. The third-order valence-electron chi connectivity index (χ3n) is 9.82. The Morgan fingerprint density at radius 2 is 2.00 bits per heavy atom. The smallest absolute Gasteiger partial charge is 0.481 e. The van der Waals surface area contributed by atoms with Gasteiger partial charge in [-0.25, -0.2) is 9.59 Å². The summed E-state index contributed by atoms with van der Waals surface area (Å²) in [6.45, 7) is 6.31. The summed E-state index contributed by atoms with van der Waals surface area (Å²) in [7, 11) is 0. The first-order valence-corrected chi connectivity index (χ1v) is 12.1. The highest BCUT2D eigenvalue weighted by Gasteiger charge is 3.01. The number of carbonyl (C=O) groups is 3. The molecule has 0 amide bonds. The largest absolute Gasteiger partial charge is 0.508 e. The van der Waals surface area contributed by atoms with Gasteiger partial charge in [0, 0.05) is 11.0 Å². The normalized spacial score (nSPS) is 50.6. The van der Waals surface area contributed by atoms with Gasteiger partial charge in [-0.2, -0.15) is 0 Å². The number of hydrogen-bond donors (Lipinski definition) is 1. The molecule has 7 aliphatic rings. The van der Waals surface area contributed by atoms with Crippen molar-refractivity contribution in [2.45, 2.75) is 87.7 Å². The van der Waals surface area contributed by atoms with Gasteiger partial charge in [0.2, 0.25) is 0 Å². The Bertz CT molecular complexity index is 1070. The van der Waals surface area contributed by atoms with E-state index in [1.807, 2.05) is 13.8 Å². The van der Waals surface area contributed by atoms with E-state index in [0.29, 0.717) is 19.4 Å². The molecule has 0 radical (unpaired) electrons. The van der Waals surface area contributed by atoms with Crippen LogP contribution in [0, 0.1) is 17.3 Å². The maximum atomic E-state index is 12.7. The van der Waals surface area contributed by atoms with Gasteiger partial charge in [-0.05, 0) is 36.7 Å². The summed E-state index contributed by atoms with van der Waals surface area (Å²) in [6.07, 6.45) is -0.503. The van der Waals surface area contributed by atoms with Crippen LogP contribution in [0.1, 0.15) is 46.5 Å². The van der Waals surface area contributed by atoms with Gasteiger partial charge in [0.05, 0.1) is 12.5 Å². The highest BCUT2D eigenvalue weighted by molar-refractivity contribution is 5.92. The van der Waals surface area contributed by atoms with Gasteiger partial charge in [0.25, 0.3) is 0 Å². The minimum Gasteiger partial charge on any atom is -0.481 e. The van der Waals surface area contributed by atoms with Crippen molar-refractivity contribution < 1.29 is 47.9 Å². The number of carboxylic acids is 1. The number of rotatable bonds is 5. The Labute approximate surface area is 195 Å². The molecule has 0 aromatic carbocycles. The molecule has 1 N–H and O–H groups in total. The van der Waals surface area contributed by atoms with Crippen molar-refractivity contribution in [3.05, 3.63) is 11.1 Å². The molecule has 2 saturated carbocycles. The number of hydrogen-bond acceptors (Lipinski definition) is 9. The van der Waals surface area contributed by atoms with Crippen LogP contribution >= 0.6 is 0 Å². The van der Waals surface area contributed by atoms with E-state index in [0.717, 1.165) is 17.6 Å². The fourth-order valence-electron chi connectivity index (χ4n) is 8.19. The molecule has 4 aliphatic heterocycles. The second-order valence-corrected chi connectivity index (χ2v) is 11.2.